The molecule has 2 rings (SSSR count). The molecule has 40 heavy (non-hydrogen) atoms. The van der Waals surface area contributed by atoms with Crippen LogP contribution < -0.4 is 21.7 Å². The lowest BCUT2D eigenvalue weighted by Crippen LogP contribution is -2.58. The van der Waals surface area contributed by atoms with E-state index in [4.69, 9.17) is 5.73 Å². The molecule has 0 radical (unpaired) electrons. The van der Waals surface area contributed by atoms with Crippen LogP contribution in [0.4, 0.5) is 0 Å². The average Bonchev–Trinajstić information content (AvgIpc) is 2.91. The number of carbonyl (C=O) groups is 5. The number of phenolic OH excluding ortho intramolecular Hbond substituents is 1. The van der Waals surface area contributed by atoms with Gasteiger partial charge >= 0.3 is 11.9 Å². The van der Waals surface area contributed by atoms with Crippen molar-refractivity contribution in [2.75, 3.05) is 12.0 Å². The van der Waals surface area contributed by atoms with E-state index in [1.165, 1.54) is 23.9 Å². The molecule has 0 saturated heterocycles. The van der Waals surface area contributed by atoms with Gasteiger partial charge in [0.1, 0.15) is 23.9 Å². The molecule has 12 nitrogen and oxygen atoms in total. The van der Waals surface area contributed by atoms with Crippen LogP contribution in [-0.4, -0.2) is 81.2 Å². The molecule has 2 aromatic rings. The number of nitrogens with two attached hydrogens (primary N) is 1. The number of nitrogens with one attached hydrogen (secondary N) is 3. The summed E-state index contributed by atoms with van der Waals surface area (Å²) in [4.78, 5) is 62.1. The summed E-state index contributed by atoms with van der Waals surface area (Å²) in [7, 11) is 0. The molecule has 3 amide bonds. The molecule has 0 aliphatic heterocycles. The summed E-state index contributed by atoms with van der Waals surface area (Å²) in [5.41, 5.74) is 7.34. The fourth-order valence-corrected chi connectivity index (χ4v) is 4.21. The third kappa shape index (κ3) is 10.9. The van der Waals surface area contributed by atoms with E-state index in [1.54, 1.807) is 48.7 Å². The Morgan fingerprint density at radius 2 is 1.32 bits per heavy atom. The number of hydrogen-bond acceptors (Lipinski definition) is 8. The Hall–Kier alpha value is -4.10. The quantitative estimate of drug-likeness (QED) is 0.146. The molecule has 0 spiro atoms. The molecular weight excluding hydrogens is 540 g/mol. The number of thioether (sulfide) groups is 1. The van der Waals surface area contributed by atoms with Crippen LogP contribution in [0.2, 0.25) is 0 Å². The first-order chi connectivity index (χ1) is 19.0. The first-order valence-corrected chi connectivity index (χ1v) is 13.8. The van der Waals surface area contributed by atoms with Crippen LogP contribution >= 0.6 is 11.8 Å². The number of carbonyl (C=O) groups excluding carboxylic acids is 3. The van der Waals surface area contributed by atoms with Crippen molar-refractivity contribution in [3.63, 3.8) is 0 Å². The molecule has 4 atom stereocenters. The van der Waals surface area contributed by atoms with E-state index in [0.29, 0.717) is 16.9 Å². The summed E-state index contributed by atoms with van der Waals surface area (Å²) in [5.74, 6) is -4.64. The predicted octanol–water partition coefficient (Wildman–Crippen LogP) is 0.272. The lowest BCUT2D eigenvalue weighted by Gasteiger charge is -2.24. The average molecular weight is 575 g/mol. The van der Waals surface area contributed by atoms with Crippen LogP contribution in [0.5, 0.6) is 5.75 Å². The van der Waals surface area contributed by atoms with E-state index in [-0.39, 0.29) is 25.0 Å². The number of amides is 3. The minimum absolute atomic E-state index is 0.0546. The summed E-state index contributed by atoms with van der Waals surface area (Å²) < 4.78 is 0. The standard InChI is InChI=1S/C27H34N4O8S/c1-40-12-11-20(29-24(35)19(28)13-17-7-9-18(32)10-8-17)25(36)30-21(15-23(33)34)26(37)31-22(27(38)39)14-16-5-3-2-4-6-16/h2-10,19-22,32H,11-15,28H2,1H3,(H,29,35)(H,30,36)(H,31,37)(H,33,34)(H,38,39). The maximum Gasteiger partial charge on any atom is 0.326 e. The van der Waals surface area contributed by atoms with Gasteiger partial charge in [0, 0.05) is 6.42 Å². The lowest BCUT2D eigenvalue weighted by molar-refractivity contribution is -0.143. The Labute approximate surface area is 235 Å². The summed E-state index contributed by atoms with van der Waals surface area (Å²) in [6.07, 6.45) is 1.23. The van der Waals surface area contributed by atoms with E-state index in [9.17, 15) is 39.3 Å². The van der Waals surface area contributed by atoms with Crippen molar-refractivity contribution in [1.29, 1.82) is 0 Å². The number of phenols is 1. The largest absolute Gasteiger partial charge is 0.508 e. The van der Waals surface area contributed by atoms with Crippen molar-refractivity contribution in [2.24, 2.45) is 5.73 Å². The second kappa shape index (κ2) is 16.1. The maximum absolute atomic E-state index is 13.1. The summed E-state index contributed by atoms with van der Waals surface area (Å²) >= 11 is 1.41. The lowest BCUT2D eigenvalue weighted by atomic mass is 10.0. The maximum atomic E-state index is 13.1. The van der Waals surface area contributed by atoms with Crippen LogP contribution in [0.15, 0.2) is 54.6 Å². The monoisotopic (exact) mass is 574 g/mol. The number of hydrogen-bond donors (Lipinski definition) is 7. The number of carboxylic acids is 2. The third-order valence-electron chi connectivity index (χ3n) is 5.88. The van der Waals surface area contributed by atoms with E-state index in [0.717, 1.165) is 0 Å². The number of rotatable bonds is 16. The molecule has 0 bridgehead atoms. The molecule has 216 valence electrons. The molecule has 13 heteroatoms. The van der Waals surface area contributed by atoms with Gasteiger partial charge in [-0.2, -0.15) is 11.8 Å². The predicted molar refractivity (Wildman–Crippen MR) is 149 cm³/mol. The molecule has 0 saturated carbocycles. The zero-order valence-corrected chi connectivity index (χ0v) is 22.7. The van der Waals surface area contributed by atoms with Crippen LogP contribution in [0.3, 0.4) is 0 Å². The Balaban J connectivity index is 2.11. The zero-order valence-electron chi connectivity index (χ0n) is 21.9. The van der Waals surface area contributed by atoms with Gasteiger partial charge in [0.05, 0.1) is 12.5 Å². The number of benzene rings is 2. The Morgan fingerprint density at radius 1 is 0.775 bits per heavy atom. The smallest absolute Gasteiger partial charge is 0.326 e. The molecule has 2 aromatic carbocycles. The summed E-state index contributed by atoms with van der Waals surface area (Å²) in [5, 5.41) is 35.5. The van der Waals surface area contributed by atoms with Gasteiger partial charge in [-0.25, -0.2) is 4.79 Å². The van der Waals surface area contributed by atoms with Gasteiger partial charge in [-0.05, 0) is 48.1 Å². The van der Waals surface area contributed by atoms with Crippen molar-refractivity contribution >= 4 is 41.4 Å². The zero-order chi connectivity index (χ0) is 29.7. The highest BCUT2D eigenvalue weighted by Gasteiger charge is 2.31. The summed E-state index contributed by atoms with van der Waals surface area (Å²) in [6.45, 7) is 0. The molecule has 0 fully saturated rings. The van der Waals surface area contributed by atoms with E-state index >= 15 is 0 Å². The van der Waals surface area contributed by atoms with Crippen LogP contribution in [0.25, 0.3) is 0 Å². The molecule has 0 heterocycles. The van der Waals surface area contributed by atoms with Gasteiger partial charge < -0.3 is 37.0 Å². The van der Waals surface area contributed by atoms with Crippen LogP contribution in [0.1, 0.15) is 24.0 Å². The number of aromatic hydroxyl groups is 1. The Kier molecular flexibility index (Phi) is 12.9. The molecule has 0 aromatic heterocycles. The highest BCUT2D eigenvalue weighted by molar-refractivity contribution is 7.98. The van der Waals surface area contributed by atoms with Gasteiger partial charge in [0.2, 0.25) is 17.7 Å². The third-order valence-corrected chi connectivity index (χ3v) is 6.53. The van der Waals surface area contributed by atoms with E-state index < -0.39 is 60.2 Å². The van der Waals surface area contributed by atoms with Crippen LogP contribution in [-0.2, 0) is 36.8 Å². The fraction of sp³-hybridized carbons (Fsp3) is 0.370. The van der Waals surface area contributed by atoms with Crippen molar-refractivity contribution in [3.8, 4) is 5.75 Å². The molecule has 0 aliphatic rings. The molecule has 8 N–H and O–H groups in total. The highest BCUT2D eigenvalue weighted by Crippen LogP contribution is 2.11. The second-order valence-electron chi connectivity index (χ2n) is 9.07. The number of aliphatic carboxylic acids is 2. The second-order valence-corrected chi connectivity index (χ2v) is 10.1. The first-order valence-electron chi connectivity index (χ1n) is 12.4. The Bertz CT molecular complexity index is 1160. The van der Waals surface area contributed by atoms with Crippen molar-refractivity contribution in [1.82, 2.24) is 16.0 Å². The van der Waals surface area contributed by atoms with Gasteiger partial charge in [0.25, 0.3) is 0 Å². The summed E-state index contributed by atoms with van der Waals surface area (Å²) in [6, 6.07) is 9.55. The van der Waals surface area contributed by atoms with E-state index in [1.807, 2.05) is 0 Å². The topological polar surface area (TPSA) is 208 Å². The van der Waals surface area contributed by atoms with Crippen LogP contribution in [0, 0.1) is 0 Å². The van der Waals surface area contributed by atoms with Gasteiger partial charge in [-0.15, -0.1) is 0 Å². The minimum Gasteiger partial charge on any atom is -0.508 e. The van der Waals surface area contributed by atoms with Gasteiger partial charge in [0.15, 0.2) is 0 Å². The van der Waals surface area contributed by atoms with Crippen molar-refractivity contribution in [3.05, 3.63) is 65.7 Å². The molecule has 0 aliphatic carbocycles. The fourth-order valence-electron chi connectivity index (χ4n) is 3.74. The SMILES string of the molecule is CSCCC(NC(=O)C(N)Cc1ccc(O)cc1)C(=O)NC(CC(=O)O)C(=O)NC(Cc1ccccc1)C(=O)O. The molecular formula is C27H34N4O8S. The van der Waals surface area contributed by atoms with Crippen molar-refractivity contribution < 1.29 is 39.3 Å². The van der Waals surface area contributed by atoms with Crippen molar-refractivity contribution in [2.45, 2.75) is 49.9 Å². The number of carboxylic acid groups (broad SMARTS) is 2. The van der Waals surface area contributed by atoms with Gasteiger partial charge in [-0.1, -0.05) is 42.5 Å². The normalized spacial score (nSPS) is 13.8. The van der Waals surface area contributed by atoms with E-state index in [2.05, 4.69) is 16.0 Å². The minimum atomic E-state index is -1.60. The first kappa shape index (κ1) is 32.1. The van der Waals surface area contributed by atoms with Gasteiger partial charge in [-0.3, -0.25) is 19.2 Å². The molecule has 4 unspecified atom stereocenters. The highest BCUT2D eigenvalue weighted by atomic mass is 32.2. The Morgan fingerprint density at radius 3 is 1.90 bits per heavy atom.